The number of nitrogens with zero attached hydrogens (tertiary/aromatic N) is 2. The van der Waals surface area contributed by atoms with Gasteiger partial charge in [-0.05, 0) is 30.5 Å². The molecule has 0 amide bonds. The van der Waals surface area contributed by atoms with Gasteiger partial charge in [-0.1, -0.05) is 37.6 Å². The molecule has 1 unspecified atom stereocenters. The highest BCUT2D eigenvalue weighted by atomic mass is 35.5. The van der Waals surface area contributed by atoms with Crippen LogP contribution < -0.4 is 10.6 Å². The quantitative estimate of drug-likeness (QED) is 0.575. The highest BCUT2D eigenvalue weighted by molar-refractivity contribution is 6.30. The van der Waals surface area contributed by atoms with Gasteiger partial charge in [0.05, 0.1) is 19.3 Å². The number of rotatable bonds is 7. The summed E-state index contributed by atoms with van der Waals surface area (Å²) in [5, 5.41) is 7.61. The van der Waals surface area contributed by atoms with Crippen LogP contribution in [0.4, 0.5) is 0 Å². The Labute approximate surface area is 156 Å². The summed E-state index contributed by atoms with van der Waals surface area (Å²) < 4.78 is 5.51. The van der Waals surface area contributed by atoms with Gasteiger partial charge in [0.15, 0.2) is 5.96 Å². The second-order valence-corrected chi connectivity index (χ2v) is 7.15. The Morgan fingerprint density at radius 1 is 1.20 bits per heavy atom. The highest BCUT2D eigenvalue weighted by Gasteiger charge is 2.22. The van der Waals surface area contributed by atoms with E-state index >= 15 is 0 Å². The van der Waals surface area contributed by atoms with Gasteiger partial charge in [0.25, 0.3) is 0 Å². The van der Waals surface area contributed by atoms with Crippen molar-refractivity contribution in [1.82, 2.24) is 15.5 Å². The highest BCUT2D eigenvalue weighted by Crippen LogP contribution is 2.23. The molecule has 0 aromatic heterocycles. The van der Waals surface area contributed by atoms with E-state index < -0.39 is 0 Å². The molecule has 0 bridgehead atoms. The molecule has 1 aromatic rings. The fourth-order valence-electron chi connectivity index (χ4n) is 2.84. The van der Waals surface area contributed by atoms with E-state index in [1.807, 2.05) is 12.1 Å². The van der Waals surface area contributed by atoms with E-state index in [0.29, 0.717) is 5.92 Å². The van der Waals surface area contributed by atoms with E-state index in [1.165, 1.54) is 5.56 Å². The van der Waals surface area contributed by atoms with E-state index in [9.17, 15) is 0 Å². The standard InChI is InChI=1S/C19H31ClN4O/c1-4-21-19(22-13-15(2)3)23-14-18(24-9-11-25-12-10-24)16-5-7-17(20)8-6-16/h5-8,15,18H,4,9-14H2,1-3H3,(H2,21,22,23). The summed E-state index contributed by atoms with van der Waals surface area (Å²) in [6, 6.07) is 8.42. The van der Waals surface area contributed by atoms with E-state index in [2.05, 4.69) is 53.4 Å². The zero-order chi connectivity index (χ0) is 18.1. The Balaban J connectivity index is 2.08. The van der Waals surface area contributed by atoms with Crippen molar-refractivity contribution in [1.29, 1.82) is 0 Å². The van der Waals surface area contributed by atoms with Crippen molar-refractivity contribution < 1.29 is 4.74 Å². The number of nitrogens with one attached hydrogen (secondary N) is 2. The number of benzene rings is 1. The molecule has 0 aliphatic carbocycles. The molecule has 5 nitrogen and oxygen atoms in total. The summed E-state index contributed by atoms with van der Waals surface area (Å²) in [5.74, 6) is 1.42. The van der Waals surface area contributed by atoms with Crippen molar-refractivity contribution in [2.45, 2.75) is 26.8 Å². The van der Waals surface area contributed by atoms with Crippen LogP contribution >= 0.6 is 11.6 Å². The van der Waals surface area contributed by atoms with E-state index in [0.717, 1.165) is 56.9 Å². The molecule has 0 radical (unpaired) electrons. The molecule has 140 valence electrons. The zero-order valence-corrected chi connectivity index (χ0v) is 16.4. The van der Waals surface area contributed by atoms with Gasteiger partial charge in [-0.3, -0.25) is 9.89 Å². The van der Waals surface area contributed by atoms with Crippen LogP contribution in [0.15, 0.2) is 29.3 Å². The Kier molecular flexibility index (Phi) is 8.52. The van der Waals surface area contributed by atoms with Crippen molar-refractivity contribution in [3.63, 3.8) is 0 Å². The third-order valence-corrected chi connectivity index (χ3v) is 4.41. The number of morpholine rings is 1. The minimum Gasteiger partial charge on any atom is -0.379 e. The van der Waals surface area contributed by atoms with E-state index in [4.69, 9.17) is 16.3 Å². The Bertz CT molecular complexity index is 527. The lowest BCUT2D eigenvalue weighted by Gasteiger charge is -2.35. The second-order valence-electron chi connectivity index (χ2n) is 6.71. The average molecular weight is 367 g/mol. The predicted octanol–water partition coefficient (Wildman–Crippen LogP) is 2.92. The van der Waals surface area contributed by atoms with Crippen molar-refractivity contribution >= 4 is 17.6 Å². The summed E-state index contributed by atoms with van der Waals surface area (Å²) in [6.07, 6.45) is 0. The van der Waals surface area contributed by atoms with Crippen LogP contribution in [0.25, 0.3) is 0 Å². The minimum atomic E-state index is 0.268. The molecular weight excluding hydrogens is 336 g/mol. The lowest BCUT2D eigenvalue weighted by Crippen LogP contribution is -2.46. The van der Waals surface area contributed by atoms with Gasteiger partial charge in [-0.25, -0.2) is 0 Å². The van der Waals surface area contributed by atoms with Crippen LogP contribution in [0, 0.1) is 5.92 Å². The number of hydrogen-bond acceptors (Lipinski definition) is 3. The molecule has 0 saturated carbocycles. The summed E-state index contributed by atoms with van der Waals surface area (Å²) >= 11 is 6.06. The lowest BCUT2D eigenvalue weighted by atomic mass is 10.0. The molecule has 0 spiro atoms. The second kappa shape index (κ2) is 10.6. The molecule has 1 aliphatic rings. The van der Waals surface area contributed by atoms with Crippen LogP contribution in [0.3, 0.4) is 0 Å². The molecule has 25 heavy (non-hydrogen) atoms. The first-order valence-corrected chi connectivity index (χ1v) is 9.57. The maximum absolute atomic E-state index is 6.06. The Morgan fingerprint density at radius 2 is 1.88 bits per heavy atom. The summed E-state index contributed by atoms with van der Waals surface area (Å²) in [5.41, 5.74) is 1.26. The zero-order valence-electron chi connectivity index (χ0n) is 15.6. The van der Waals surface area contributed by atoms with Crippen LogP contribution in [0.2, 0.25) is 5.02 Å². The number of guanidine groups is 1. The molecule has 1 atom stereocenters. The maximum atomic E-state index is 6.06. The first-order chi connectivity index (χ1) is 12.1. The number of ether oxygens (including phenoxy) is 1. The molecule has 6 heteroatoms. The van der Waals surface area contributed by atoms with Gasteiger partial charge in [-0.2, -0.15) is 0 Å². The van der Waals surface area contributed by atoms with Crippen molar-refractivity contribution in [3.8, 4) is 0 Å². The average Bonchev–Trinajstić information content (AvgIpc) is 2.62. The SMILES string of the molecule is CCNC(=NCC(C)C)NCC(c1ccc(Cl)cc1)N1CCOCC1. The van der Waals surface area contributed by atoms with Crippen LogP contribution in [0.1, 0.15) is 32.4 Å². The first-order valence-electron chi connectivity index (χ1n) is 9.19. The van der Waals surface area contributed by atoms with Crippen LogP contribution in [-0.4, -0.2) is 56.8 Å². The van der Waals surface area contributed by atoms with Gasteiger partial charge < -0.3 is 15.4 Å². The molecule has 1 fully saturated rings. The predicted molar refractivity (Wildman–Crippen MR) is 105 cm³/mol. The molecule has 1 heterocycles. The molecule has 1 aliphatic heterocycles. The monoisotopic (exact) mass is 366 g/mol. The van der Waals surface area contributed by atoms with Gasteiger partial charge in [-0.15, -0.1) is 0 Å². The van der Waals surface area contributed by atoms with E-state index in [1.54, 1.807) is 0 Å². The number of aliphatic imine (C=N–C) groups is 1. The Hall–Kier alpha value is -1.30. The van der Waals surface area contributed by atoms with Crippen molar-refractivity contribution in [3.05, 3.63) is 34.9 Å². The summed E-state index contributed by atoms with van der Waals surface area (Å²) in [7, 11) is 0. The van der Waals surface area contributed by atoms with Gasteiger partial charge in [0.2, 0.25) is 0 Å². The molecule has 1 aromatic carbocycles. The number of halogens is 1. The van der Waals surface area contributed by atoms with Gasteiger partial charge in [0, 0.05) is 37.7 Å². The van der Waals surface area contributed by atoms with Crippen molar-refractivity contribution in [2.75, 3.05) is 45.9 Å². The van der Waals surface area contributed by atoms with Gasteiger partial charge >= 0.3 is 0 Å². The van der Waals surface area contributed by atoms with Crippen LogP contribution in [-0.2, 0) is 4.74 Å². The third-order valence-electron chi connectivity index (χ3n) is 4.16. The fourth-order valence-corrected chi connectivity index (χ4v) is 2.97. The summed E-state index contributed by atoms with van der Waals surface area (Å²) in [6.45, 7) is 12.4. The molecule has 2 N–H and O–H groups in total. The molecular formula is C19H31ClN4O. The normalized spacial score (nSPS) is 17.6. The molecule has 2 rings (SSSR count). The van der Waals surface area contributed by atoms with Crippen LogP contribution in [0.5, 0.6) is 0 Å². The number of hydrogen-bond donors (Lipinski definition) is 2. The van der Waals surface area contributed by atoms with Gasteiger partial charge in [0.1, 0.15) is 0 Å². The molecule has 1 saturated heterocycles. The lowest BCUT2D eigenvalue weighted by molar-refractivity contribution is 0.0170. The van der Waals surface area contributed by atoms with E-state index in [-0.39, 0.29) is 6.04 Å². The fraction of sp³-hybridized carbons (Fsp3) is 0.632. The summed E-state index contributed by atoms with van der Waals surface area (Å²) in [4.78, 5) is 7.13. The first kappa shape index (κ1) is 20.0. The largest absolute Gasteiger partial charge is 0.379 e. The Morgan fingerprint density at radius 3 is 2.48 bits per heavy atom. The third kappa shape index (κ3) is 6.84. The smallest absolute Gasteiger partial charge is 0.191 e. The van der Waals surface area contributed by atoms with Crippen molar-refractivity contribution in [2.24, 2.45) is 10.9 Å². The maximum Gasteiger partial charge on any atom is 0.191 e. The minimum absolute atomic E-state index is 0.268. The topological polar surface area (TPSA) is 48.9 Å².